The first-order chi connectivity index (χ1) is 13.1. The monoisotopic (exact) mass is 382 g/mol. The lowest BCUT2D eigenvalue weighted by Gasteiger charge is -2.31. The number of hydrogen-bond donors (Lipinski definition) is 1. The van der Waals surface area contributed by atoms with Crippen LogP contribution >= 0.6 is 11.6 Å². The molecule has 3 heterocycles. The van der Waals surface area contributed by atoms with Gasteiger partial charge in [-0.25, -0.2) is 9.78 Å². The highest BCUT2D eigenvalue weighted by Crippen LogP contribution is 2.29. The first-order valence-electron chi connectivity index (χ1n) is 8.85. The summed E-state index contributed by atoms with van der Waals surface area (Å²) in [5, 5.41) is 9.90. The molecule has 1 N–H and O–H groups in total. The summed E-state index contributed by atoms with van der Waals surface area (Å²) in [6, 6.07) is 9.11. The lowest BCUT2D eigenvalue weighted by molar-refractivity contribution is 0.0697. The second kappa shape index (κ2) is 7.40. The van der Waals surface area contributed by atoms with E-state index in [1.807, 2.05) is 16.8 Å². The van der Waals surface area contributed by atoms with E-state index in [4.69, 9.17) is 16.7 Å². The van der Waals surface area contributed by atoms with Crippen molar-refractivity contribution < 1.29 is 9.90 Å². The number of benzene rings is 1. The molecule has 0 aliphatic carbocycles. The van der Waals surface area contributed by atoms with Crippen LogP contribution in [0.15, 0.2) is 49.1 Å². The van der Waals surface area contributed by atoms with Gasteiger partial charge >= 0.3 is 5.97 Å². The van der Waals surface area contributed by atoms with Gasteiger partial charge in [0.15, 0.2) is 0 Å². The molecule has 0 radical (unpaired) electrons. The van der Waals surface area contributed by atoms with Crippen molar-refractivity contribution in [3.63, 3.8) is 0 Å². The zero-order chi connectivity index (χ0) is 18.8. The summed E-state index contributed by atoms with van der Waals surface area (Å²) in [4.78, 5) is 22.1. The van der Waals surface area contributed by atoms with Crippen molar-refractivity contribution in [1.29, 1.82) is 0 Å². The summed E-state index contributed by atoms with van der Waals surface area (Å²) >= 11 is 6.12. The van der Waals surface area contributed by atoms with Gasteiger partial charge in [0.1, 0.15) is 5.69 Å². The number of carboxylic acids is 1. The third kappa shape index (κ3) is 3.80. The van der Waals surface area contributed by atoms with Crippen LogP contribution < -0.4 is 4.90 Å². The predicted octanol–water partition coefficient (Wildman–Crippen LogP) is 3.75. The van der Waals surface area contributed by atoms with Crippen molar-refractivity contribution >= 4 is 23.3 Å². The average molecular weight is 383 g/mol. The molecule has 0 saturated heterocycles. The third-order valence-electron chi connectivity index (χ3n) is 4.79. The van der Waals surface area contributed by atoms with Crippen molar-refractivity contribution in [1.82, 2.24) is 14.5 Å². The Morgan fingerprint density at radius 2 is 2.04 bits per heavy atom. The summed E-state index contributed by atoms with van der Waals surface area (Å²) in [5.74, 6) is -0.970. The topological polar surface area (TPSA) is 71.2 Å². The first-order valence-corrected chi connectivity index (χ1v) is 9.23. The van der Waals surface area contributed by atoms with Gasteiger partial charge in [0.2, 0.25) is 0 Å². The van der Waals surface area contributed by atoms with Crippen LogP contribution in [0.1, 0.15) is 22.3 Å². The van der Waals surface area contributed by atoms with E-state index in [0.717, 1.165) is 37.5 Å². The highest BCUT2D eigenvalue weighted by atomic mass is 35.5. The van der Waals surface area contributed by atoms with Crippen molar-refractivity contribution in [2.24, 2.45) is 0 Å². The van der Waals surface area contributed by atoms with Gasteiger partial charge in [0.25, 0.3) is 0 Å². The SMILES string of the molecule is O=C(O)c1ccnc(-c2cn(CCN3CCCc4cc(Cl)ccc43)cn2)c1. The quantitative estimate of drug-likeness (QED) is 0.727. The van der Waals surface area contributed by atoms with Crippen molar-refractivity contribution in [2.75, 3.05) is 18.0 Å². The number of fused-ring (bicyclic) bond motifs is 1. The molecule has 138 valence electrons. The lowest BCUT2D eigenvalue weighted by atomic mass is 10.0. The van der Waals surface area contributed by atoms with Gasteiger partial charge in [0, 0.05) is 42.7 Å². The van der Waals surface area contributed by atoms with Crippen LogP contribution in [0.2, 0.25) is 5.02 Å². The highest BCUT2D eigenvalue weighted by molar-refractivity contribution is 6.30. The zero-order valence-corrected chi connectivity index (χ0v) is 15.4. The number of aromatic carboxylic acids is 1. The Kier molecular flexibility index (Phi) is 4.81. The Hall–Kier alpha value is -2.86. The second-order valence-electron chi connectivity index (χ2n) is 6.60. The molecule has 27 heavy (non-hydrogen) atoms. The Bertz CT molecular complexity index is 986. The maximum Gasteiger partial charge on any atom is 0.335 e. The molecule has 0 bridgehead atoms. The fourth-order valence-corrected chi connectivity index (χ4v) is 3.63. The number of anilines is 1. The van der Waals surface area contributed by atoms with E-state index >= 15 is 0 Å². The molecule has 3 aromatic rings. The number of halogens is 1. The summed E-state index contributed by atoms with van der Waals surface area (Å²) in [6.07, 6.45) is 7.34. The van der Waals surface area contributed by atoms with Crippen LogP contribution in [0.3, 0.4) is 0 Å². The van der Waals surface area contributed by atoms with E-state index in [0.29, 0.717) is 11.4 Å². The number of aryl methyl sites for hydroxylation is 1. The van der Waals surface area contributed by atoms with Gasteiger partial charge in [-0.3, -0.25) is 4.98 Å². The number of rotatable bonds is 5. The number of pyridine rings is 1. The van der Waals surface area contributed by atoms with Gasteiger partial charge < -0.3 is 14.6 Å². The molecule has 0 spiro atoms. The molecular weight excluding hydrogens is 364 g/mol. The Balaban J connectivity index is 1.47. The minimum atomic E-state index is -0.970. The fraction of sp³-hybridized carbons (Fsp3) is 0.250. The highest BCUT2D eigenvalue weighted by Gasteiger charge is 2.17. The van der Waals surface area contributed by atoms with Crippen LogP contribution in [0, 0.1) is 0 Å². The molecule has 1 aliphatic rings. The largest absolute Gasteiger partial charge is 0.478 e. The summed E-state index contributed by atoms with van der Waals surface area (Å²) in [7, 11) is 0. The molecule has 0 fully saturated rings. The van der Waals surface area contributed by atoms with Crippen molar-refractivity contribution in [3.05, 3.63) is 65.2 Å². The number of imidazole rings is 1. The molecular formula is C20H19ClN4O2. The lowest BCUT2D eigenvalue weighted by Crippen LogP contribution is -2.32. The number of carboxylic acid groups (broad SMARTS) is 1. The van der Waals surface area contributed by atoms with E-state index in [9.17, 15) is 4.79 Å². The number of carbonyl (C=O) groups is 1. The van der Waals surface area contributed by atoms with Crippen LogP contribution in [-0.2, 0) is 13.0 Å². The number of hydrogen-bond acceptors (Lipinski definition) is 4. The molecule has 1 aliphatic heterocycles. The van der Waals surface area contributed by atoms with Crippen LogP contribution in [0.25, 0.3) is 11.4 Å². The van der Waals surface area contributed by atoms with Gasteiger partial charge in [-0.2, -0.15) is 0 Å². The Labute approximate surface area is 162 Å². The molecule has 0 amide bonds. The zero-order valence-electron chi connectivity index (χ0n) is 14.7. The van der Waals surface area contributed by atoms with Crippen LogP contribution in [-0.4, -0.2) is 38.7 Å². The molecule has 1 aromatic carbocycles. The van der Waals surface area contributed by atoms with Gasteiger partial charge in [-0.15, -0.1) is 0 Å². The minimum absolute atomic E-state index is 0.207. The molecule has 0 saturated carbocycles. The standard InChI is InChI=1S/C20H19ClN4O2/c21-16-3-4-19-14(10-16)2-1-7-25(19)9-8-24-12-18(23-13-24)17-11-15(20(26)27)5-6-22-17/h3-6,10-13H,1-2,7-9H2,(H,26,27). The molecule has 2 aromatic heterocycles. The third-order valence-corrected chi connectivity index (χ3v) is 5.02. The van der Waals surface area contributed by atoms with Crippen molar-refractivity contribution in [2.45, 2.75) is 19.4 Å². The maximum absolute atomic E-state index is 11.1. The van der Waals surface area contributed by atoms with Crippen LogP contribution in [0.5, 0.6) is 0 Å². The van der Waals surface area contributed by atoms with Gasteiger partial charge in [0.05, 0.1) is 17.6 Å². The number of nitrogens with zero attached hydrogens (tertiary/aromatic N) is 4. The number of aromatic nitrogens is 3. The van der Waals surface area contributed by atoms with E-state index in [1.54, 1.807) is 12.4 Å². The van der Waals surface area contributed by atoms with Gasteiger partial charge in [-0.1, -0.05) is 11.6 Å². The summed E-state index contributed by atoms with van der Waals surface area (Å²) in [5.41, 5.74) is 3.99. The molecule has 0 unspecified atom stereocenters. The van der Waals surface area contributed by atoms with E-state index in [-0.39, 0.29) is 5.56 Å². The molecule has 7 heteroatoms. The van der Waals surface area contributed by atoms with Crippen molar-refractivity contribution in [3.8, 4) is 11.4 Å². The summed E-state index contributed by atoms with van der Waals surface area (Å²) < 4.78 is 2.01. The Morgan fingerprint density at radius 3 is 2.89 bits per heavy atom. The predicted molar refractivity (Wildman–Crippen MR) is 104 cm³/mol. The molecule has 4 rings (SSSR count). The fourth-order valence-electron chi connectivity index (χ4n) is 3.43. The van der Waals surface area contributed by atoms with E-state index < -0.39 is 5.97 Å². The Morgan fingerprint density at radius 1 is 1.15 bits per heavy atom. The normalized spacial score (nSPS) is 13.4. The van der Waals surface area contributed by atoms with E-state index in [1.165, 1.54) is 23.5 Å². The summed E-state index contributed by atoms with van der Waals surface area (Å²) in [6.45, 7) is 2.68. The average Bonchev–Trinajstić information content (AvgIpc) is 3.15. The first kappa shape index (κ1) is 17.5. The maximum atomic E-state index is 11.1. The van der Waals surface area contributed by atoms with E-state index in [2.05, 4.69) is 27.0 Å². The second-order valence-corrected chi connectivity index (χ2v) is 7.03. The minimum Gasteiger partial charge on any atom is -0.478 e. The smallest absolute Gasteiger partial charge is 0.335 e. The van der Waals surface area contributed by atoms with Crippen LogP contribution in [0.4, 0.5) is 5.69 Å². The molecule has 0 atom stereocenters. The van der Waals surface area contributed by atoms with Gasteiger partial charge in [-0.05, 0) is 48.7 Å². The molecule has 6 nitrogen and oxygen atoms in total.